The molecule has 0 aromatic heterocycles. The van der Waals surface area contributed by atoms with E-state index in [0.29, 0.717) is 5.82 Å². The minimum Gasteiger partial charge on any atom is -0.352 e. The van der Waals surface area contributed by atoms with Gasteiger partial charge in [-0.15, -0.1) is 0 Å². The van der Waals surface area contributed by atoms with Gasteiger partial charge in [0.25, 0.3) is 0 Å². The number of primary amides is 1. The van der Waals surface area contributed by atoms with Crippen LogP contribution >= 0.6 is 15.2 Å². The molecule has 6 N–H and O–H groups in total. The zero-order valence-corrected chi connectivity index (χ0v) is 12.2. The Hall–Kier alpha value is -0.730. The van der Waals surface area contributed by atoms with Crippen LogP contribution in [-0.4, -0.2) is 45.8 Å². The molecule has 0 aromatic rings. The molecule has 0 radical (unpaired) electrons. The minimum atomic E-state index is -4.40. The van der Waals surface area contributed by atoms with E-state index in [0.717, 1.165) is 12.7 Å². The molecule has 1 heterocycles. The predicted octanol–water partition coefficient (Wildman–Crippen LogP) is -0.339. The molecular formula is C8H16N2O8P2. The maximum atomic E-state index is 11.2. The lowest BCUT2D eigenvalue weighted by molar-refractivity contribution is 0.0347. The summed E-state index contributed by atoms with van der Waals surface area (Å²) in [6, 6.07) is -0.864. The Kier molecular flexibility index (Phi) is 5.51. The number of urea groups is 1. The molecule has 116 valence electrons. The van der Waals surface area contributed by atoms with Crippen molar-refractivity contribution in [1.82, 2.24) is 5.32 Å². The number of hydrogen-bond acceptors (Lipinski definition) is 5. The Morgan fingerprint density at radius 2 is 2.05 bits per heavy atom. The first-order valence-corrected chi connectivity index (χ1v) is 9.11. The predicted molar refractivity (Wildman–Crippen MR) is 67.8 cm³/mol. The van der Waals surface area contributed by atoms with Crippen LogP contribution in [0.25, 0.3) is 0 Å². The molecule has 20 heavy (non-hydrogen) atoms. The smallest absolute Gasteiger partial charge is 0.348 e. The first kappa shape index (κ1) is 17.3. The Morgan fingerprint density at radius 1 is 1.45 bits per heavy atom. The van der Waals surface area contributed by atoms with Crippen molar-refractivity contribution in [3.63, 3.8) is 0 Å². The first-order valence-electron chi connectivity index (χ1n) is 5.41. The van der Waals surface area contributed by atoms with Crippen molar-refractivity contribution < 1.29 is 37.9 Å². The summed E-state index contributed by atoms with van der Waals surface area (Å²) in [5.41, 5.74) is 4.92. The van der Waals surface area contributed by atoms with Crippen molar-refractivity contribution in [3.8, 4) is 0 Å². The molecule has 0 aromatic carbocycles. The Balaban J connectivity index is 2.81. The highest BCUT2D eigenvalue weighted by Gasteiger charge is 2.38. The van der Waals surface area contributed by atoms with Crippen molar-refractivity contribution in [1.29, 1.82) is 0 Å². The van der Waals surface area contributed by atoms with E-state index in [1.807, 2.05) is 0 Å². The summed E-state index contributed by atoms with van der Waals surface area (Å²) < 4.78 is 32.1. The Morgan fingerprint density at radius 3 is 2.50 bits per heavy atom. The topological polar surface area (TPSA) is 168 Å². The van der Waals surface area contributed by atoms with E-state index in [-0.39, 0.29) is 6.42 Å². The van der Waals surface area contributed by atoms with Gasteiger partial charge in [-0.25, -0.2) is 4.79 Å². The van der Waals surface area contributed by atoms with Crippen LogP contribution in [-0.2, 0) is 18.4 Å². The highest BCUT2D eigenvalue weighted by atomic mass is 31.2. The lowest BCUT2D eigenvalue weighted by atomic mass is 10.2. The standard InChI is InChI=1S/C8H16N2O8P2/c1-19(12,13)18-6-4-7(10-8(9)11)17-5(6)2-3-20(14,15)16/h2-3,5-7H,4H2,1H3,(H,12,13)(H3,9,10,11)(H2,14,15,16)/b3-2+. The Bertz CT molecular complexity index is 483. The number of amides is 2. The number of nitrogens with one attached hydrogen (secondary N) is 1. The van der Waals surface area contributed by atoms with E-state index in [1.54, 1.807) is 0 Å². The zero-order valence-electron chi connectivity index (χ0n) is 10.4. The van der Waals surface area contributed by atoms with Crippen molar-refractivity contribution in [2.45, 2.75) is 24.9 Å². The van der Waals surface area contributed by atoms with Crippen molar-refractivity contribution >= 4 is 21.2 Å². The van der Waals surface area contributed by atoms with Gasteiger partial charge >= 0.3 is 21.2 Å². The van der Waals surface area contributed by atoms with Crippen LogP contribution in [0.4, 0.5) is 4.79 Å². The quantitative estimate of drug-likeness (QED) is 0.426. The lowest BCUT2D eigenvalue weighted by Gasteiger charge is -2.17. The third-order valence-corrected chi connectivity index (χ3v) is 3.46. The summed E-state index contributed by atoms with van der Waals surface area (Å²) in [5.74, 6) is 0.596. The molecule has 10 nitrogen and oxygen atoms in total. The first-order chi connectivity index (χ1) is 8.96. The van der Waals surface area contributed by atoms with Crippen molar-refractivity contribution in [3.05, 3.63) is 11.9 Å². The van der Waals surface area contributed by atoms with Gasteiger partial charge in [0.15, 0.2) is 0 Å². The molecule has 1 fully saturated rings. The van der Waals surface area contributed by atoms with Crippen LogP contribution < -0.4 is 11.1 Å². The minimum absolute atomic E-state index is 0.0114. The maximum absolute atomic E-state index is 11.2. The second-order valence-corrected chi connectivity index (χ2v) is 7.50. The molecule has 1 saturated heterocycles. The molecule has 1 aliphatic rings. The molecule has 4 atom stereocenters. The van der Waals surface area contributed by atoms with Gasteiger partial charge in [-0.3, -0.25) is 9.13 Å². The van der Waals surface area contributed by atoms with Gasteiger partial charge in [-0.2, -0.15) is 0 Å². The molecule has 2 amide bonds. The van der Waals surface area contributed by atoms with Crippen LogP contribution in [0, 0.1) is 0 Å². The highest BCUT2D eigenvalue weighted by molar-refractivity contribution is 7.55. The normalized spacial score (nSPS) is 30.3. The fourth-order valence-electron chi connectivity index (χ4n) is 1.65. The summed E-state index contributed by atoms with van der Waals surface area (Å²) in [7, 11) is -8.23. The number of rotatable bonds is 5. The fraction of sp³-hybridized carbons (Fsp3) is 0.625. The van der Waals surface area contributed by atoms with E-state index in [9.17, 15) is 18.8 Å². The number of nitrogens with two attached hydrogens (primary N) is 1. The summed E-state index contributed by atoms with van der Waals surface area (Å²) in [6.07, 6.45) is -1.80. The van der Waals surface area contributed by atoms with Crippen molar-refractivity contribution in [2.75, 3.05) is 6.66 Å². The number of carbonyl (C=O) groups excluding carboxylic acids is 1. The summed E-state index contributed by atoms with van der Waals surface area (Å²) >= 11 is 0. The van der Waals surface area contributed by atoms with Gasteiger partial charge < -0.3 is 35.0 Å². The fourth-order valence-corrected chi connectivity index (χ4v) is 2.75. The van der Waals surface area contributed by atoms with Gasteiger partial charge in [-0.05, 0) is 6.08 Å². The van der Waals surface area contributed by atoms with E-state index >= 15 is 0 Å². The Labute approximate surface area is 114 Å². The molecular weight excluding hydrogens is 314 g/mol. The molecule has 4 unspecified atom stereocenters. The van der Waals surface area contributed by atoms with Crippen LogP contribution in [0.3, 0.4) is 0 Å². The van der Waals surface area contributed by atoms with Gasteiger partial charge in [0.05, 0.1) is 0 Å². The SMILES string of the molecule is CP(=O)(O)OC1CC(NC(N)=O)OC1/C=C/P(=O)(O)O. The molecule has 0 aliphatic carbocycles. The van der Waals surface area contributed by atoms with Crippen LogP contribution in [0.2, 0.25) is 0 Å². The summed E-state index contributed by atoms with van der Waals surface area (Å²) in [4.78, 5) is 37.4. The average Bonchev–Trinajstić information content (AvgIpc) is 2.52. The summed E-state index contributed by atoms with van der Waals surface area (Å²) in [6.45, 7) is 0.964. The number of ether oxygens (including phenoxy) is 1. The van der Waals surface area contributed by atoms with Crippen molar-refractivity contribution in [2.24, 2.45) is 5.73 Å². The second kappa shape index (κ2) is 6.36. The second-order valence-electron chi connectivity index (χ2n) is 4.21. The maximum Gasteiger partial charge on any atom is 0.348 e. The third kappa shape index (κ3) is 6.62. The summed E-state index contributed by atoms with van der Waals surface area (Å²) in [5, 5.41) is 2.22. The van der Waals surface area contributed by atoms with Gasteiger partial charge in [0.1, 0.15) is 18.4 Å². The van der Waals surface area contributed by atoms with E-state index in [2.05, 4.69) is 5.32 Å². The van der Waals surface area contributed by atoms with Crippen LogP contribution in [0.15, 0.2) is 11.9 Å². The molecule has 12 heteroatoms. The van der Waals surface area contributed by atoms with Gasteiger partial charge in [-0.1, -0.05) is 0 Å². The molecule has 0 bridgehead atoms. The zero-order chi connectivity index (χ0) is 15.6. The molecule has 1 rings (SSSR count). The molecule has 0 saturated carbocycles. The van der Waals surface area contributed by atoms with E-state index in [4.69, 9.17) is 24.8 Å². The van der Waals surface area contributed by atoms with Gasteiger partial charge in [0, 0.05) is 18.9 Å². The molecule has 1 aliphatic heterocycles. The monoisotopic (exact) mass is 330 g/mol. The van der Waals surface area contributed by atoms with Crippen LogP contribution in [0.5, 0.6) is 0 Å². The van der Waals surface area contributed by atoms with Gasteiger partial charge in [0.2, 0.25) is 0 Å². The number of carbonyl (C=O) groups is 1. The molecule has 0 spiro atoms. The van der Waals surface area contributed by atoms with E-state index < -0.39 is 39.7 Å². The third-order valence-electron chi connectivity index (χ3n) is 2.24. The van der Waals surface area contributed by atoms with Crippen LogP contribution in [0.1, 0.15) is 6.42 Å². The highest BCUT2D eigenvalue weighted by Crippen LogP contribution is 2.43. The van der Waals surface area contributed by atoms with E-state index in [1.165, 1.54) is 0 Å². The average molecular weight is 330 g/mol. The number of hydrogen-bond donors (Lipinski definition) is 5. The lowest BCUT2D eigenvalue weighted by Crippen LogP contribution is -2.38. The largest absolute Gasteiger partial charge is 0.352 e.